The van der Waals surface area contributed by atoms with Gasteiger partial charge < -0.3 is 14.7 Å². The Morgan fingerprint density at radius 1 is 1.12 bits per heavy atom. The third kappa shape index (κ3) is 4.68. The van der Waals surface area contributed by atoms with Gasteiger partial charge in [0.15, 0.2) is 9.84 Å². The van der Waals surface area contributed by atoms with E-state index in [1.165, 1.54) is 12.1 Å². The van der Waals surface area contributed by atoms with Crippen LogP contribution in [0.5, 0.6) is 0 Å². The van der Waals surface area contributed by atoms with Crippen molar-refractivity contribution in [2.45, 2.75) is 56.4 Å². The maximum Gasteiger partial charge on any atom is 0.179 e. The highest BCUT2D eigenvalue weighted by Crippen LogP contribution is 2.49. The Hall–Kier alpha value is -1.96. The molecule has 1 fully saturated rings. The maximum absolute atomic E-state index is 13.8. The van der Waals surface area contributed by atoms with Gasteiger partial charge in [-0.3, -0.25) is 0 Å². The van der Waals surface area contributed by atoms with Crippen molar-refractivity contribution in [3.8, 4) is 0 Å². The van der Waals surface area contributed by atoms with E-state index in [0.717, 1.165) is 37.2 Å². The first-order chi connectivity index (χ1) is 15.8. The van der Waals surface area contributed by atoms with Gasteiger partial charge in [-0.15, -0.1) is 0 Å². The quantitative estimate of drug-likeness (QED) is 0.665. The lowest BCUT2D eigenvalue weighted by molar-refractivity contribution is 0.0174. The molecule has 0 saturated carbocycles. The lowest BCUT2D eigenvalue weighted by atomic mass is 9.69. The zero-order valence-corrected chi connectivity index (χ0v) is 20.3. The van der Waals surface area contributed by atoms with Crippen LogP contribution in [0.4, 0.5) is 10.1 Å². The summed E-state index contributed by atoms with van der Waals surface area (Å²) in [6.45, 7) is 6.73. The number of anilines is 1. The van der Waals surface area contributed by atoms with Crippen LogP contribution < -0.4 is 4.90 Å². The number of rotatable bonds is 6. The normalized spacial score (nSPS) is 27.1. The lowest BCUT2D eigenvalue weighted by Crippen LogP contribution is -2.42. The van der Waals surface area contributed by atoms with Crippen molar-refractivity contribution in [2.75, 3.05) is 37.0 Å². The van der Waals surface area contributed by atoms with Gasteiger partial charge in [0.2, 0.25) is 0 Å². The van der Waals surface area contributed by atoms with Gasteiger partial charge in [-0.2, -0.15) is 0 Å². The third-order valence-electron chi connectivity index (χ3n) is 7.42. The topological polar surface area (TPSA) is 66.8 Å². The lowest BCUT2D eigenvalue weighted by Gasteiger charge is -2.39. The summed E-state index contributed by atoms with van der Waals surface area (Å²) < 4.78 is 46.6. The van der Waals surface area contributed by atoms with Gasteiger partial charge in [0.25, 0.3) is 0 Å². The molecule has 0 radical (unpaired) electrons. The van der Waals surface area contributed by atoms with Crippen molar-refractivity contribution in [3.05, 3.63) is 59.4 Å². The molecule has 2 aromatic rings. The van der Waals surface area contributed by atoms with Crippen LogP contribution in [0.3, 0.4) is 0 Å². The molecule has 1 unspecified atom stereocenters. The molecule has 3 atom stereocenters. The number of nitrogens with zero attached hydrogens (tertiary/aromatic N) is 1. The van der Waals surface area contributed by atoms with E-state index in [1.54, 1.807) is 18.2 Å². The molecule has 33 heavy (non-hydrogen) atoms. The van der Waals surface area contributed by atoms with E-state index in [0.29, 0.717) is 31.6 Å². The predicted molar refractivity (Wildman–Crippen MR) is 128 cm³/mol. The molecule has 0 aromatic heterocycles. The molecule has 4 rings (SSSR count). The Labute approximate surface area is 196 Å². The van der Waals surface area contributed by atoms with Crippen LogP contribution in [0.2, 0.25) is 0 Å². The number of sulfone groups is 1. The third-order valence-corrected chi connectivity index (χ3v) is 9.42. The zero-order chi connectivity index (χ0) is 23.6. The molecule has 180 valence electrons. The van der Waals surface area contributed by atoms with Gasteiger partial charge >= 0.3 is 0 Å². The standard InChI is InChI=1S/C26H34FNO4S/c1-3-5-12-26(4-2)18-33(30,31)23-11-10-21(28-13-15-32-16-14-28)17-22(23)24(25(26)29)19-6-8-20(27)9-7-19/h6-11,17,24-25,29H,3-5,12-16,18H2,1-2H3/t24-,25?,26-/m1/s1. The first-order valence-electron chi connectivity index (χ1n) is 11.9. The average Bonchev–Trinajstić information content (AvgIpc) is 2.90. The number of unbranched alkanes of at least 4 members (excludes halogenated alkanes) is 1. The molecular weight excluding hydrogens is 441 g/mol. The van der Waals surface area contributed by atoms with Crippen LogP contribution in [0.1, 0.15) is 56.6 Å². The minimum Gasteiger partial charge on any atom is -0.392 e. The van der Waals surface area contributed by atoms with Gasteiger partial charge in [-0.1, -0.05) is 38.8 Å². The molecule has 2 aromatic carbocycles. The number of benzene rings is 2. The second-order valence-electron chi connectivity index (χ2n) is 9.37. The SMILES string of the molecule is CCCC[C@]1(CC)CS(=O)(=O)c2ccc(N3CCOCC3)cc2[C@@H](c2ccc(F)cc2)C1O. The molecule has 0 spiro atoms. The van der Waals surface area contributed by atoms with Crippen LogP contribution in [-0.2, 0) is 14.6 Å². The second kappa shape index (κ2) is 9.72. The summed E-state index contributed by atoms with van der Waals surface area (Å²) in [6, 6.07) is 11.6. The fraction of sp³-hybridized carbons (Fsp3) is 0.538. The molecule has 0 aliphatic carbocycles. The van der Waals surface area contributed by atoms with Crippen LogP contribution in [0, 0.1) is 11.2 Å². The Bertz CT molecular complexity index is 1070. The summed E-state index contributed by atoms with van der Waals surface area (Å²) >= 11 is 0. The van der Waals surface area contributed by atoms with Crippen molar-refractivity contribution in [1.82, 2.24) is 0 Å². The molecule has 2 heterocycles. The van der Waals surface area contributed by atoms with Crippen molar-refractivity contribution >= 4 is 15.5 Å². The van der Waals surface area contributed by atoms with Crippen LogP contribution in [0.25, 0.3) is 0 Å². The number of hydrogen-bond acceptors (Lipinski definition) is 5. The Balaban J connectivity index is 1.92. The Morgan fingerprint density at radius 3 is 2.45 bits per heavy atom. The summed E-state index contributed by atoms with van der Waals surface area (Å²) in [4.78, 5) is 2.46. The Morgan fingerprint density at radius 2 is 1.82 bits per heavy atom. The van der Waals surface area contributed by atoms with Crippen LogP contribution in [0.15, 0.2) is 47.4 Å². The molecular formula is C26H34FNO4S. The molecule has 7 heteroatoms. The van der Waals surface area contributed by atoms with Gasteiger partial charge in [0.1, 0.15) is 5.82 Å². The number of hydrogen-bond donors (Lipinski definition) is 1. The zero-order valence-electron chi connectivity index (χ0n) is 19.5. The van der Waals surface area contributed by atoms with Crippen LogP contribution >= 0.6 is 0 Å². The molecule has 5 nitrogen and oxygen atoms in total. The molecule has 0 bridgehead atoms. The number of halogens is 1. The summed E-state index contributed by atoms with van der Waals surface area (Å²) in [5.74, 6) is -1.00. The summed E-state index contributed by atoms with van der Waals surface area (Å²) in [6.07, 6.45) is 2.03. The fourth-order valence-corrected chi connectivity index (χ4v) is 7.67. The van der Waals surface area contributed by atoms with Gasteiger partial charge in [0, 0.05) is 30.1 Å². The van der Waals surface area contributed by atoms with E-state index in [9.17, 15) is 17.9 Å². The van der Waals surface area contributed by atoms with E-state index in [2.05, 4.69) is 11.8 Å². The van der Waals surface area contributed by atoms with E-state index < -0.39 is 27.3 Å². The van der Waals surface area contributed by atoms with E-state index in [-0.39, 0.29) is 16.5 Å². The number of aliphatic hydroxyl groups is 1. The number of morpholine rings is 1. The molecule has 2 aliphatic rings. The van der Waals surface area contributed by atoms with E-state index >= 15 is 0 Å². The number of aliphatic hydroxyl groups excluding tert-OH is 1. The highest BCUT2D eigenvalue weighted by atomic mass is 32.2. The van der Waals surface area contributed by atoms with Crippen molar-refractivity contribution in [1.29, 1.82) is 0 Å². The average molecular weight is 476 g/mol. The van der Waals surface area contributed by atoms with E-state index in [4.69, 9.17) is 4.74 Å². The summed E-state index contributed by atoms with van der Waals surface area (Å²) in [5.41, 5.74) is 1.48. The maximum atomic E-state index is 13.8. The van der Waals surface area contributed by atoms with Crippen LogP contribution in [-0.4, -0.2) is 51.7 Å². The second-order valence-corrected chi connectivity index (χ2v) is 11.3. The van der Waals surface area contributed by atoms with Gasteiger partial charge in [-0.05, 0) is 54.3 Å². The highest BCUT2D eigenvalue weighted by Gasteiger charge is 2.49. The van der Waals surface area contributed by atoms with E-state index in [1.807, 2.05) is 19.1 Å². The largest absolute Gasteiger partial charge is 0.392 e. The van der Waals surface area contributed by atoms with Gasteiger partial charge in [-0.25, -0.2) is 12.8 Å². The molecule has 1 saturated heterocycles. The summed E-state index contributed by atoms with van der Waals surface area (Å²) in [5, 5.41) is 11.9. The highest BCUT2D eigenvalue weighted by molar-refractivity contribution is 7.91. The summed E-state index contributed by atoms with van der Waals surface area (Å²) in [7, 11) is -3.64. The smallest absolute Gasteiger partial charge is 0.179 e. The minimum atomic E-state index is -3.64. The number of ether oxygens (including phenoxy) is 1. The van der Waals surface area contributed by atoms with Crippen molar-refractivity contribution in [2.24, 2.45) is 5.41 Å². The van der Waals surface area contributed by atoms with Crippen molar-refractivity contribution in [3.63, 3.8) is 0 Å². The predicted octanol–water partition coefficient (Wildman–Crippen LogP) is 4.53. The van der Waals surface area contributed by atoms with Gasteiger partial charge in [0.05, 0.1) is 30.0 Å². The molecule has 1 N–H and O–H groups in total. The Kier molecular flexibility index (Phi) is 7.12. The first kappa shape index (κ1) is 24.2. The minimum absolute atomic E-state index is 0.0841. The fourth-order valence-electron chi connectivity index (χ4n) is 5.41. The molecule has 0 amide bonds. The number of fused-ring (bicyclic) bond motifs is 1. The van der Waals surface area contributed by atoms with Crippen molar-refractivity contribution < 1.29 is 22.7 Å². The first-order valence-corrected chi connectivity index (χ1v) is 13.6. The molecule has 2 aliphatic heterocycles. The monoisotopic (exact) mass is 475 g/mol.